The van der Waals surface area contributed by atoms with E-state index in [9.17, 15) is 0 Å². The Balaban J connectivity index is 1.80. The molecule has 2 heterocycles. The van der Waals surface area contributed by atoms with Gasteiger partial charge in [-0.05, 0) is 37.6 Å². The third-order valence-corrected chi connectivity index (χ3v) is 3.52. The van der Waals surface area contributed by atoms with Gasteiger partial charge in [-0.2, -0.15) is 0 Å². The molecule has 0 aliphatic carbocycles. The lowest BCUT2D eigenvalue weighted by atomic mass is 10.1. The predicted molar refractivity (Wildman–Crippen MR) is 73.8 cm³/mol. The third kappa shape index (κ3) is 2.29. The van der Waals surface area contributed by atoms with E-state index in [0.29, 0.717) is 0 Å². The molecule has 4 nitrogen and oxygen atoms in total. The molecular formula is C14H18N4. The molecule has 3 rings (SSSR count). The summed E-state index contributed by atoms with van der Waals surface area (Å²) < 4.78 is 0. The molecule has 2 aromatic rings. The smallest absolute Gasteiger partial charge is 0.147 e. The fraction of sp³-hybridized carbons (Fsp3) is 0.429. The first-order chi connectivity index (χ1) is 8.83. The molecule has 0 unspecified atom stereocenters. The number of rotatable bonds is 3. The number of fused-ring (bicyclic) bond motifs is 1. The van der Waals surface area contributed by atoms with Gasteiger partial charge in [-0.3, -0.25) is 4.98 Å². The monoisotopic (exact) mass is 242 g/mol. The summed E-state index contributed by atoms with van der Waals surface area (Å²) in [5, 5.41) is 3.40. The summed E-state index contributed by atoms with van der Waals surface area (Å²) >= 11 is 0. The van der Waals surface area contributed by atoms with Crippen molar-refractivity contribution >= 4 is 16.9 Å². The number of nitrogens with zero attached hydrogens (tertiary/aromatic N) is 3. The van der Waals surface area contributed by atoms with Gasteiger partial charge in [0.1, 0.15) is 5.82 Å². The number of hydrogen-bond acceptors (Lipinski definition) is 4. The minimum Gasteiger partial charge on any atom is -0.358 e. The second-order valence-electron chi connectivity index (χ2n) is 4.96. The van der Waals surface area contributed by atoms with Crippen molar-refractivity contribution in [2.24, 2.45) is 5.92 Å². The van der Waals surface area contributed by atoms with Crippen LogP contribution in [-0.2, 0) is 0 Å². The van der Waals surface area contributed by atoms with Crippen LogP contribution < -0.4 is 10.2 Å². The largest absolute Gasteiger partial charge is 0.358 e. The summed E-state index contributed by atoms with van der Waals surface area (Å²) in [6.45, 7) is 3.30. The van der Waals surface area contributed by atoms with Crippen LogP contribution in [0, 0.1) is 5.92 Å². The van der Waals surface area contributed by atoms with E-state index in [4.69, 9.17) is 0 Å². The van der Waals surface area contributed by atoms with Crippen LogP contribution in [0.2, 0.25) is 0 Å². The van der Waals surface area contributed by atoms with Gasteiger partial charge in [0.25, 0.3) is 0 Å². The van der Waals surface area contributed by atoms with Crippen LogP contribution in [0.25, 0.3) is 11.0 Å². The molecule has 0 spiro atoms. The highest BCUT2D eigenvalue weighted by Gasteiger charge is 2.17. The fourth-order valence-corrected chi connectivity index (χ4v) is 2.48. The van der Waals surface area contributed by atoms with Crippen LogP contribution in [0.4, 0.5) is 5.82 Å². The topological polar surface area (TPSA) is 41.0 Å². The van der Waals surface area contributed by atoms with Gasteiger partial charge in [-0.1, -0.05) is 12.1 Å². The minimum absolute atomic E-state index is 0.725. The SMILES string of the molecule is CN(C[C@H]1CCNC1)c1cnc2ccccc2n1. The summed E-state index contributed by atoms with van der Waals surface area (Å²) in [5.41, 5.74) is 1.92. The lowest BCUT2D eigenvalue weighted by Crippen LogP contribution is -2.27. The van der Waals surface area contributed by atoms with Gasteiger partial charge in [0.05, 0.1) is 17.2 Å². The summed E-state index contributed by atoms with van der Waals surface area (Å²) in [4.78, 5) is 11.3. The molecule has 1 fully saturated rings. The van der Waals surface area contributed by atoms with E-state index in [1.165, 1.54) is 6.42 Å². The highest BCUT2D eigenvalue weighted by atomic mass is 15.2. The predicted octanol–water partition coefficient (Wildman–Crippen LogP) is 1.68. The summed E-state index contributed by atoms with van der Waals surface area (Å²) in [7, 11) is 2.09. The normalized spacial score (nSPS) is 19.3. The molecule has 1 aromatic carbocycles. The number of aromatic nitrogens is 2. The molecule has 1 aliphatic heterocycles. The standard InChI is InChI=1S/C14H18N4/c1-18(10-11-6-7-15-8-11)14-9-16-12-4-2-3-5-13(12)17-14/h2-5,9,11,15H,6-8,10H2,1H3/t11-/m0/s1. The number of para-hydroxylation sites is 2. The summed E-state index contributed by atoms with van der Waals surface area (Å²) in [6.07, 6.45) is 3.12. The molecule has 4 heteroatoms. The zero-order chi connectivity index (χ0) is 12.4. The van der Waals surface area contributed by atoms with Crippen molar-refractivity contribution in [1.29, 1.82) is 0 Å². The van der Waals surface area contributed by atoms with Gasteiger partial charge in [0.2, 0.25) is 0 Å². The van der Waals surface area contributed by atoms with Crippen molar-refractivity contribution in [3.05, 3.63) is 30.5 Å². The molecule has 0 saturated carbocycles. The minimum atomic E-state index is 0.725. The molecule has 0 amide bonds. The van der Waals surface area contributed by atoms with Crippen molar-refractivity contribution in [3.8, 4) is 0 Å². The molecule has 0 bridgehead atoms. The molecular weight excluding hydrogens is 224 g/mol. The van der Waals surface area contributed by atoms with E-state index in [0.717, 1.165) is 42.4 Å². The Hall–Kier alpha value is -1.68. The lowest BCUT2D eigenvalue weighted by Gasteiger charge is -2.21. The Labute approximate surface area is 107 Å². The van der Waals surface area contributed by atoms with E-state index in [-0.39, 0.29) is 0 Å². The maximum Gasteiger partial charge on any atom is 0.147 e. The zero-order valence-electron chi connectivity index (χ0n) is 10.6. The van der Waals surface area contributed by atoms with E-state index < -0.39 is 0 Å². The maximum atomic E-state index is 4.66. The quantitative estimate of drug-likeness (QED) is 0.889. The van der Waals surface area contributed by atoms with Crippen molar-refractivity contribution in [2.45, 2.75) is 6.42 Å². The third-order valence-electron chi connectivity index (χ3n) is 3.52. The Kier molecular flexibility index (Phi) is 3.11. The molecule has 94 valence electrons. The van der Waals surface area contributed by atoms with Crippen LogP contribution in [0.1, 0.15) is 6.42 Å². The second kappa shape index (κ2) is 4.90. The Bertz CT molecular complexity index is 534. The average molecular weight is 242 g/mol. The maximum absolute atomic E-state index is 4.66. The molecule has 18 heavy (non-hydrogen) atoms. The van der Waals surface area contributed by atoms with Crippen molar-refractivity contribution < 1.29 is 0 Å². The molecule has 0 radical (unpaired) electrons. The van der Waals surface area contributed by atoms with Crippen LogP contribution in [-0.4, -0.2) is 36.6 Å². The van der Waals surface area contributed by atoms with Gasteiger partial charge < -0.3 is 10.2 Å². The first-order valence-corrected chi connectivity index (χ1v) is 6.46. The first-order valence-electron chi connectivity index (χ1n) is 6.46. The van der Waals surface area contributed by atoms with Crippen molar-refractivity contribution in [1.82, 2.24) is 15.3 Å². The Morgan fingerprint density at radius 3 is 2.94 bits per heavy atom. The van der Waals surface area contributed by atoms with Gasteiger partial charge >= 0.3 is 0 Å². The second-order valence-corrected chi connectivity index (χ2v) is 4.96. The molecule has 1 saturated heterocycles. The lowest BCUT2D eigenvalue weighted by molar-refractivity contribution is 0.576. The fourth-order valence-electron chi connectivity index (χ4n) is 2.48. The van der Waals surface area contributed by atoms with Gasteiger partial charge in [-0.15, -0.1) is 0 Å². The van der Waals surface area contributed by atoms with Crippen LogP contribution in [0.3, 0.4) is 0 Å². The van der Waals surface area contributed by atoms with E-state index in [1.54, 1.807) is 0 Å². The van der Waals surface area contributed by atoms with E-state index in [2.05, 4.69) is 27.2 Å². The highest BCUT2D eigenvalue weighted by molar-refractivity contribution is 5.75. The van der Waals surface area contributed by atoms with Crippen molar-refractivity contribution in [3.63, 3.8) is 0 Å². The first kappa shape index (κ1) is 11.4. The summed E-state index contributed by atoms with van der Waals surface area (Å²) in [6, 6.07) is 8.00. The number of nitrogens with one attached hydrogen (secondary N) is 1. The van der Waals surface area contributed by atoms with Gasteiger partial charge in [-0.25, -0.2) is 4.98 Å². The van der Waals surface area contributed by atoms with E-state index >= 15 is 0 Å². The van der Waals surface area contributed by atoms with E-state index in [1.807, 2.05) is 30.5 Å². The Morgan fingerprint density at radius 1 is 1.33 bits per heavy atom. The van der Waals surface area contributed by atoms with Gasteiger partial charge in [0, 0.05) is 13.6 Å². The average Bonchev–Trinajstić information content (AvgIpc) is 2.91. The van der Waals surface area contributed by atoms with Gasteiger partial charge in [0.15, 0.2) is 0 Å². The van der Waals surface area contributed by atoms with Crippen molar-refractivity contribution in [2.75, 3.05) is 31.6 Å². The number of anilines is 1. The molecule has 1 atom stereocenters. The number of benzene rings is 1. The highest BCUT2D eigenvalue weighted by Crippen LogP contribution is 2.17. The van der Waals surface area contributed by atoms with Crippen LogP contribution >= 0.6 is 0 Å². The number of hydrogen-bond donors (Lipinski definition) is 1. The Morgan fingerprint density at radius 2 is 2.17 bits per heavy atom. The molecule has 1 aromatic heterocycles. The van der Waals surface area contributed by atoms with Crippen LogP contribution in [0.5, 0.6) is 0 Å². The zero-order valence-corrected chi connectivity index (χ0v) is 10.6. The summed E-state index contributed by atoms with van der Waals surface area (Å²) in [5.74, 6) is 1.68. The molecule has 1 aliphatic rings. The molecule has 1 N–H and O–H groups in total. The van der Waals surface area contributed by atoms with Crippen LogP contribution in [0.15, 0.2) is 30.5 Å².